The number of carbonyl (C=O) groups is 1. The normalized spacial score (nSPS) is 17.1. The summed E-state index contributed by atoms with van der Waals surface area (Å²) in [6, 6.07) is 16.5. The number of para-hydroxylation sites is 1. The highest BCUT2D eigenvalue weighted by Gasteiger charge is 2.24. The lowest BCUT2D eigenvalue weighted by Gasteiger charge is -2.36. The van der Waals surface area contributed by atoms with E-state index in [0.717, 1.165) is 63.4 Å². The molecule has 4 rings (SSSR count). The molecule has 2 aromatic rings. The van der Waals surface area contributed by atoms with Crippen molar-refractivity contribution in [2.75, 3.05) is 44.2 Å². The van der Waals surface area contributed by atoms with Crippen molar-refractivity contribution in [3.8, 4) is 5.75 Å². The highest BCUT2D eigenvalue weighted by Crippen LogP contribution is 2.27. The van der Waals surface area contributed by atoms with Gasteiger partial charge in [0.15, 0.2) is 0 Å². The fourth-order valence-electron chi connectivity index (χ4n) is 4.36. The molecule has 2 aliphatic rings. The van der Waals surface area contributed by atoms with E-state index in [1.807, 2.05) is 36.9 Å². The highest BCUT2D eigenvalue weighted by atomic mass is 16.5. The van der Waals surface area contributed by atoms with Crippen LogP contribution in [0.4, 0.5) is 5.69 Å². The average molecular weight is 420 g/mol. The lowest BCUT2D eigenvalue weighted by molar-refractivity contribution is 0.0805. The van der Waals surface area contributed by atoms with E-state index in [1.54, 1.807) is 6.26 Å². The van der Waals surface area contributed by atoms with Crippen LogP contribution in [0, 0.1) is 6.92 Å². The van der Waals surface area contributed by atoms with Crippen molar-refractivity contribution >= 4 is 11.6 Å². The lowest BCUT2D eigenvalue weighted by Crippen LogP contribution is -2.46. The van der Waals surface area contributed by atoms with Crippen LogP contribution in [0.25, 0.3) is 0 Å². The fourth-order valence-corrected chi connectivity index (χ4v) is 4.36. The Bertz CT molecular complexity index is 918. The summed E-state index contributed by atoms with van der Waals surface area (Å²) in [6.07, 6.45) is 4.99. The molecule has 164 valence electrons. The molecule has 5 nitrogen and oxygen atoms in total. The minimum Gasteiger partial charge on any atom is -0.462 e. The number of hydrogen-bond donors (Lipinski definition) is 0. The van der Waals surface area contributed by atoms with Crippen LogP contribution in [-0.4, -0.2) is 55.0 Å². The SMILES string of the molecule is CC1=COc2ccc(C)cc2C(=O)N1CCCCCN1CCN(c2ccccc2)CC1. The molecule has 5 heteroatoms. The number of nitrogens with zero attached hydrogens (tertiary/aromatic N) is 3. The molecule has 0 N–H and O–H groups in total. The minimum atomic E-state index is 0.0435. The van der Waals surface area contributed by atoms with Gasteiger partial charge in [-0.3, -0.25) is 9.69 Å². The topological polar surface area (TPSA) is 36.0 Å². The third kappa shape index (κ3) is 5.28. The first-order valence-corrected chi connectivity index (χ1v) is 11.4. The van der Waals surface area contributed by atoms with Crippen molar-refractivity contribution in [1.29, 1.82) is 0 Å². The van der Waals surface area contributed by atoms with Gasteiger partial charge < -0.3 is 14.5 Å². The molecule has 0 spiro atoms. The van der Waals surface area contributed by atoms with E-state index < -0.39 is 0 Å². The van der Waals surface area contributed by atoms with Gasteiger partial charge in [0, 0.05) is 38.4 Å². The summed E-state index contributed by atoms with van der Waals surface area (Å²) in [5.41, 5.74) is 3.93. The fraction of sp³-hybridized carbons (Fsp3) is 0.423. The first-order chi connectivity index (χ1) is 15.1. The number of fused-ring (bicyclic) bond motifs is 1. The van der Waals surface area contributed by atoms with E-state index in [9.17, 15) is 4.79 Å². The number of unbranched alkanes of at least 4 members (excludes halogenated alkanes) is 2. The maximum absolute atomic E-state index is 13.1. The van der Waals surface area contributed by atoms with Crippen LogP contribution in [0.2, 0.25) is 0 Å². The lowest BCUT2D eigenvalue weighted by atomic mass is 10.1. The molecule has 0 saturated carbocycles. The zero-order valence-corrected chi connectivity index (χ0v) is 18.7. The maximum Gasteiger partial charge on any atom is 0.261 e. The Morgan fingerprint density at radius 1 is 0.871 bits per heavy atom. The number of ether oxygens (including phenoxy) is 1. The monoisotopic (exact) mass is 419 g/mol. The van der Waals surface area contributed by atoms with Crippen molar-refractivity contribution in [2.24, 2.45) is 0 Å². The number of piperazine rings is 1. The Labute approximate surface area is 185 Å². The summed E-state index contributed by atoms with van der Waals surface area (Å²) < 4.78 is 5.73. The second kappa shape index (κ2) is 10.0. The summed E-state index contributed by atoms with van der Waals surface area (Å²) >= 11 is 0. The van der Waals surface area contributed by atoms with Gasteiger partial charge in [0.2, 0.25) is 0 Å². The number of carbonyl (C=O) groups excluding carboxylic acids is 1. The van der Waals surface area contributed by atoms with Gasteiger partial charge in [-0.1, -0.05) is 36.2 Å². The van der Waals surface area contributed by atoms with Gasteiger partial charge in [0.25, 0.3) is 5.91 Å². The molecule has 2 heterocycles. The van der Waals surface area contributed by atoms with Crippen LogP contribution in [0.5, 0.6) is 5.75 Å². The number of benzene rings is 2. The van der Waals surface area contributed by atoms with E-state index >= 15 is 0 Å². The quantitative estimate of drug-likeness (QED) is 0.611. The van der Waals surface area contributed by atoms with Crippen LogP contribution < -0.4 is 9.64 Å². The molecule has 0 unspecified atom stereocenters. The summed E-state index contributed by atoms with van der Waals surface area (Å²) in [5.74, 6) is 0.689. The van der Waals surface area contributed by atoms with Crippen LogP contribution >= 0.6 is 0 Å². The molecule has 0 atom stereocenters. The van der Waals surface area contributed by atoms with E-state index in [0.29, 0.717) is 11.3 Å². The van der Waals surface area contributed by atoms with Crippen LogP contribution in [0.3, 0.4) is 0 Å². The third-order valence-electron chi connectivity index (χ3n) is 6.24. The number of aryl methyl sites for hydroxylation is 1. The highest BCUT2D eigenvalue weighted by molar-refractivity contribution is 5.98. The molecule has 31 heavy (non-hydrogen) atoms. The predicted octanol–water partition coefficient (Wildman–Crippen LogP) is 4.68. The van der Waals surface area contributed by atoms with Crippen LogP contribution in [0.1, 0.15) is 42.1 Å². The van der Waals surface area contributed by atoms with Gasteiger partial charge in [0.05, 0.1) is 11.3 Å². The Balaban J connectivity index is 1.20. The van der Waals surface area contributed by atoms with Crippen molar-refractivity contribution in [1.82, 2.24) is 9.80 Å². The first kappa shape index (κ1) is 21.4. The molecule has 0 radical (unpaired) electrons. The molecule has 2 aromatic carbocycles. The Morgan fingerprint density at radius 2 is 1.61 bits per heavy atom. The standard InChI is InChI=1S/C26H33N3O2/c1-21-11-12-25-24(19-21)26(30)29(22(2)20-31-25)14-8-4-7-13-27-15-17-28(18-16-27)23-9-5-3-6-10-23/h3,5-6,9-12,19-20H,4,7-8,13-18H2,1-2H3. The minimum absolute atomic E-state index is 0.0435. The number of hydrogen-bond acceptors (Lipinski definition) is 4. The summed E-state index contributed by atoms with van der Waals surface area (Å²) in [6.45, 7) is 10.2. The summed E-state index contributed by atoms with van der Waals surface area (Å²) in [4.78, 5) is 19.9. The van der Waals surface area contributed by atoms with Gasteiger partial charge in [-0.15, -0.1) is 0 Å². The molecule has 2 aliphatic heterocycles. The third-order valence-corrected chi connectivity index (χ3v) is 6.24. The summed E-state index contributed by atoms with van der Waals surface area (Å²) in [7, 11) is 0. The van der Waals surface area contributed by atoms with E-state index in [2.05, 4.69) is 40.1 Å². The predicted molar refractivity (Wildman–Crippen MR) is 126 cm³/mol. The number of anilines is 1. The molecule has 0 aromatic heterocycles. The smallest absolute Gasteiger partial charge is 0.261 e. The second-order valence-electron chi connectivity index (χ2n) is 8.56. The molecular weight excluding hydrogens is 386 g/mol. The zero-order valence-electron chi connectivity index (χ0n) is 18.7. The van der Waals surface area contributed by atoms with Crippen LogP contribution in [0.15, 0.2) is 60.5 Å². The van der Waals surface area contributed by atoms with E-state index in [1.165, 1.54) is 12.1 Å². The first-order valence-electron chi connectivity index (χ1n) is 11.4. The van der Waals surface area contributed by atoms with Crippen molar-refractivity contribution in [3.05, 3.63) is 71.6 Å². The average Bonchev–Trinajstić information content (AvgIpc) is 2.91. The second-order valence-corrected chi connectivity index (χ2v) is 8.56. The van der Waals surface area contributed by atoms with Crippen LogP contribution in [-0.2, 0) is 0 Å². The van der Waals surface area contributed by atoms with Gasteiger partial charge >= 0.3 is 0 Å². The maximum atomic E-state index is 13.1. The Morgan fingerprint density at radius 3 is 2.39 bits per heavy atom. The number of allylic oxidation sites excluding steroid dienone is 1. The van der Waals surface area contributed by atoms with Gasteiger partial charge in [-0.05, 0) is 57.5 Å². The molecule has 1 amide bonds. The number of amides is 1. The largest absolute Gasteiger partial charge is 0.462 e. The van der Waals surface area contributed by atoms with Gasteiger partial charge in [-0.25, -0.2) is 0 Å². The number of rotatable bonds is 7. The zero-order chi connectivity index (χ0) is 21.6. The molecule has 0 aliphatic carbocycles. The Kier molecular flexibility index (Phi) is 6.92. The van der Waals surface area contributed by atoms with Crippen molar-refractivity contribution < 1.29 is 9.53 Å². The summed E-state index contributed by atoms with van der Waals surface area (Å²) in [5, 5.41) is 0. The van der Waals surface area contributed by atoms with Gasteiger partial charge in [-0.2, -0.15) is 0 Å². The van der Waals surface area contributed by atoms with E-state index in [4.69, 9.17) is 4.74 Å². The van der Waals surface area contributed by atoms with Crippen molar-refractivity contribution in [3.63, 3.8) is 0 Å². The van der Waals surface area contributed by atoms with Gasteiger partial charge in [0.1, 0.15) is 12.0 Å². The van der Waals surface area contributed by atoms with Crippen molar-refractivity contribution in [2.45, 2.75) is 33.1 Å². The molecule has 1 fully saturated rings. The molecular formula is C26H33N3O2. The molecule has 0 bridgehead atoms. The molecule has 1 saturated heterocycles. The van der Waals surface area contributed by atoms with E-state index in [-0.39, 0.29) is 5.91 Å². The Hall–Kier alpha value is -2.79.